The van der Waals surface area contributed by atoms with Crippen molar-refractivity contribution in [3.8, 4) is 5.75 Å². The molecule has 0 N–H and O–H groups in total. The molecule has 2 aromatic rings. The number of amides is 1. The number of carbonyl (C=O) groups is 1. The van der Waals surface area contributed by atoms with Gasteiger partial charge in [-0.2, -0.15) is 0 Å². The second-order valence-corrected chi connectivity index (χ2v) is 5.92. The van der Waals surface area contributed by atoms with Crippen molar-refractivity contribution >= 4 is 5.91 Å². The summed E-state index contributed by atoms with van der Waals surface area (Å²) in [6, 6.07) is 5.82. The van der Waals surface area contributed by atoms with Gasteiger partial charge in [0.2, 0.25) is 0 Å². The van der Waals surface area contributed by atoms with Gasteiger partial charge in [0.25, 0.3) is 5.91 Å². The van der Waals surface area contributed by atoms with Crippen LogP contribution in [-0.4, -0.2) is 40.1 Å². The molecule has 1 amide bonds. The van der Waals surface area contributed by atoms with Gasteiger partial charge in [0.1, 0.15) is 17.4 Å². The monoisotopic (exact) mass is 317 g/mol. The smallest absolute Gasteiger partial charge is 0.260 e. The first kappa shape index (κ1) is 15.5. The van der Waals surface area contributed by atoms with Gasteiger partial charge in [-0.3, -0.25) is 4.79 Å². The number of ether oxygens (including phenoxy) is 1. The van der Waals surface area contributed by atoms with Gasteiger partial charge < -0.3 is 14.2 Å². The first-order chi connectivity index (χ1) is 11.0. The van der Waals surface area contributed by atoms with Crippen molar-refractivity contribution in [2.24, 2.45) is 7.05 Å². The second kappa shape index (κ2) is 6.40. The Balaban J connectivity index is 1.56. The maximum atomic E-state index is 13.1. The Bertz CT molecular complexity index is 714. The predicted molar refractivity (Wildman–Crippen MR) is 83.8 cm³/mol. The quantitative estimate of drug-likeness (QED) is 0.869. The molecule has 0 unspecified atom stereocenters. The van der Waals surface area contributed by atoms with Gasteiger partial charge in [0.05, 0.1) is 5.69 Å². The summed E-state index contributed by atoms with van der Waals surface area (Å²) >= 11 is 0. The van der Waals surface area contributed by atoms with Crippen LogP contribution in [0, 0.1) is 12.7 Å². The van der Waals surface area contributed by atoms with Gasteiger partial charge in [0.15, 0.2) is 6.61 Å². The summed E-state index contributed by atoms with van der Waals surface area (Å²) in [5.41, 5.74) is 0.988. The van der Waals surface area contributed by atoms with Crippen LogP contribution in [-0.2, 0) is 11.8 Å². The minimum absolute atomic E-state index is 0.0736. The highest BCUT2D eigenvalue weighted by Gasteiger charge is 2.30. The number of likely N-dealkylation sites (tertiary alicyclic amines) is 1. The van der Waals surface area contributed by atoms with E-state index in [0.29, 0.717) is 18.8 Å². The molecule has 3 rings (SSSR count). The normalized spacial score (nSPS) is 17.5. The third kappa shape index (κ3) is 3.52. The number of aromatic nitrogens is 2. The number of hydrogen-bond donors (Lipinski definition) is 0. The van der Waals surface area contributed by atoms with Crippen LogP contribution in [0.1, 0.15) is 23.9 Å². The van der Waals surface area contributed by atoms with E-state index in [9.17, 15) is 9.18 Å². The minimum Gasteiger partial charge on any atom is -0.484 e. The van der Waals surface area contributed by atoms with Gasteiger partial charge >= 0.3 is 0 Å². The minimum atomic E-state index is -0.374. The number of halogens is 1. The average Bonchev–Trinajstić information content (AvgIpc) is 3.11. The number of imidazole rings is 1. The van der Waals surface area contributed by atoms with Gasteiger partial charge in [-0.15, -0.1) is 0 Å². The van der Waals surface area contributed by atoms with Crippen LogP contribution >= 0.6 is 0 Å². The molecule has 23 heavy (non-hydrogen) atoms. The van der Waals surface area contributed by atoms with E-state index in [0.717, 1.165) is 17.9 Å². The molecule has 122 valence electrons. The number of nitrogens with zero attached hydrogens (tertiary/aromatic N) is 3. The van der Waals surface area contributed by atoms with Crippen molar-refractivity contribution in [3.63, 3.8) is 0 Å². The zero-order chi connectivity index (χ0) is 16.4. The summed E-state index contributed by atoms with van der Waals surface area (Å²) < 4.78 is 20.5. The first-order valence-corrected chi connectivity index (χ1v) is 7.69. The molecule has 1 fully saturated rings. The predicted octanol–water partition coefficient (Wildman–Crippen LogP) is 2.26. The molecule has 2 heterocycles. The van der Waals surface area contributed by atoms with E-state index < -0.39 is 0 Å². The molecule has 1 aliphatic heterocycles. The van der Waals surface area contributed by atoms with Crippen molar-refractivity contribution in [1.29, 1.82) is 0 Å². The lowest BCUT2D eigenvalue weighted by Gasteiger charge is -2.17. The summed E-state index contributed by atoms with van der Waals surface area (Å²) in [4.78, 5) is 18.6. The fourth-order valence-corrected chi connectivity index (χ4v) is 3.00. The zero-order valence-corrected chi connectivity index (χ0v) is 13.3. The topological polar surface area (TPSA) is 47.4 Å². The highest BCUT2D eigenvalue weighted by Crippen LogP contribution is 2.26. The molecule has 1 aromatic heterocycles. The van der Waals surface area contributed by atoms with E-state index in [1.165, 1.54) is 12.1 Å². The lowest BCUT2D eigenvalue weighted by atomic mass is 10.1. The van der Waals surface area contributed by atoms with Crippen LogP contribution in [0.5, 0.6) is 5.75 Å². The molecule has 6 heteroatoms. The Morgan fingerprint density at radius 1 is 1.48 bits per heavy atom. The van der Waals surface area contributed by atoms with Crippen LogP contribution in [0.4, 0.5) is 4.39 Å². The third-order valence-corrected chi connectivity index (χ3v) is 4.10. The van der Waals surface area contributed by atoms with Crippen molar-refractivity contribution < 1.29 is 13.9 Å². The molecule has 1 aliphatic rings. The Labute approximate surface area is 134 Å². The van der Waals surface area contributed by atoms with Crippen molar-refractivity contribution in [3.05, 3.63) is 47.8 Å². The second-order valence-electron chi connectivity index (χ2n) is 5.92. The Hall–Kier alpha value is -2.37. The summed E-state index contributed by atoms with van der Waals surface area (Å²) in [6.07, 6.45) is 2.89. The van der Waals surface area contributed by atoms with Crippen LogP contribution in [0.25, 0.3) is 0 Å². The molecule has 0 radical (unpaired) electrons. The van der Waals surface area contributed by atoms with Crippen LogP contribution in [0.2, 0.25) is 0 Å². The number of hydrogen-bond acceptors (Lipinski definition) is 3. The van der Waals surface area contributed by atoms with Crippen LogP contribution < -0.4 is 4.74 Å². The molecular formula is C17H20FN3O2. The molecule has 0 saturated carbocycles. The van der Waals surface area contributed by atoms with Gasteiger partial charge in [-0.1, -0.05) is 6.07 Å². The molecule has 1 saturated heterocycles. The molecule has 0 bridgehead atoms. The standard InChI is InChI=1S/C17H20FN3O2/c1-12-9-20(2)17(19-12)13-6-7-21(10-13)16(22)11-23-15-5-3-4-14(18)8-15/h3-5,8-9,13H,6-7,10-11H2,1-2H3/t13-/m1/s1. The summed E-state index contributed by atoms with van der Waals surface area (Å²) in [6.45, 7) is 3.24. The maximum absolute atomic E-state index is 13.1. The van der Waals surface area contributed by atoms with Gasteiger partial charge in [0, 0.05) is 38.3 Å². The summed E-state index contributed by atoms with van der Waals surface area (Å²) in [7, 11) is 1.98. The molecule has 1 atom stereocenters. The third-order valence-electron chi connectivity index (χ3n) is 4.10. The largest absolute Gasteiger partial charge is 0.484 e. The van der Waals surface area contributed by atoms with E-state index in [4.69, 9.17) is 4.74 Å². The van der Waals surface area contributed by atoms with Crippen LogP contribution in [0.15, 0.2) is 30.5 Å². The number of carbonyl (C=O) groups excluding carboxylic acids is 1. The lowest BCUT2D eigenvalue weighted by Crippen LogP contribution is -2.33. The van der Waals surface area contributed by atoms with Crippen molar-refractivity contribution in [1.82, 2.24) is 14.5 Å². The van der Waals surface area contributed by atoms with E-state index in [2.05, 4.69) is 4.98 Å². The number of aryl methyl sites for hydroxylation is 2. The number of benzene rings is 1. The fraction of sp³-hybridized carbons (Fsp3) is 0.412. The molecule has 1 aromatic carbocycles. The fourth-order valence-electron chi connectivity index (χ4n) is 3.00. The molecule has 0 aliphatic carbocycles. The van der Waals surface area contributed by atoms with Gasteiger partial charge in [-0.25, -0.2) is 9.37 Å². The summed E-state index contributed by atoms with van der Waals surface area (Å²) in [5, 5.41) is 0. The van der Waals surface area contributed by atoms with E-state index in [1.54, 1.807) is 17.0 Å². The van der Waals surface area contributed by atoms with Crippen molar-refractivity contribution in [2.75, 3.05) is 19.7 Å². The molecule has 5 nitrogen and oxygen atoms in total. The van der Waals surface area contributed by atoms with E-state index in [1.807, 2.05) is 24.7 Å². The maximum Gasteiger partial charge on any atom is 0.260 e. The Morgan fingerprint density at radius 2 is 2.30 bits per heavy atom. The first-order valence-electron chi connectivity index (χ1n) is 7.69. The van der Waals surface area contributed by atoms with Crippen molar-refractivity contribution in [2.45, 2.75) is 19.3 Å². The zero-order valence-electron chi connectivity index (χ0n) is 13.3. The van der Waals surface area contributed by atoms with Gasteiger partial charge in [-0.05, 0) is 25.5 Å². The van der Waals surface area contributed by atoms with E-state index in [-0.39, 0.29) is 24.2 Å². The number of rotatable bonds is 4. The lowest BCUT2D eigenvalue weighted by molar-refractivity contribution is -0.132. The molecular weight excluding hydrogens is 297 g/mol. The summed E-state index contributed by atoms with van der Waals surface area (Å²) in [5.74, 6) is 1.19. The Kier molecular flexibility index (Phi) is 4.32. The Morgan fingerprint density at radius 3 is 3.00 bits per heavy atom. The van der Waals surface area contributed by atoms with E-state index >= 15 is 0 Å². The average molecular weight is 317 g/mol. The SMILES string of the molecule is Cc1cn(C)c([C@@H]2CCN(C(=O)COc3cccc(F)c3)C2)n1. The highest BCUT2D eigenvalue weighted by molar-refractivity contribution is 5.78. The molecule has 0 spiro atoms. The highest BCUT2D eigenvalue weighted by atomic mass is 19.1. The van der Waals surface area contributed by atoms with Crippen LogP contribution in [0.3, 0.4) is 0 Å².